The van der Waals surface area contributed by atoms with Gasteiger partial charge in [-0.2, -0.15) is 0 Å². The lowest BCUT2D eigenvalue weighted by atomic mass is 9.93. The lowest BCUT2D eigenvalue weighted by molar-refractivity contribution is -0.000602. The molecule has 0 N–H and O–H groups in total. The highest BCUT2D eigenvalue weighted by molar-refractivity contribution is 6.03. The van der Waals surface area contributed by atoms with Crippen LogP contribution in [0.5, 0.6) is 5.75 Å². The molecule has 0 aliphatic carbocycles. The zero-order valence-corrected chi connectivity index (χ0v) is 18.6. The van der Waals surface area contributed by atoms with Crippen molar-refractivity contribution >= 4 is 5.78 Å². The van der Waals surface area contributed by atoms with Gasteiger partial charge in [0, 0.05) is 7.11 Å². The summed E-state index contributed by atoms with van der Waals surface area (Å²) in [5.41, 5.74) is 1.53. The first-order chi connectivity index (χ1) is 13.3. The van der Waals surface area contributed by atoms with Gasteiger partial charge in [0.15, 0.2) is 18.0 Å². The van der Waals surface area contributed by atoms with E-state index in [0.717, 1.165) is 5.56 Å². The van der Waals surface area contributed by atoms with Crippen LogP contribution in [0, 0.1) is 0 Å². The van der Waals surface area contributed by atoms with E-state index in [4.69, 9.17) is 9.47 Å². The number of ketones is 1. The Bertz CT molecular complexity index is 594. The number of carbonyl (C=O) groups is 1. The zero-order valence-electron chi connectivity index (χ0n) is 18.6. The van der Waals surface area contributed by atoms with Gasteiger partial charge in [-0.15, -0.1) is 0 Å². The molecule has 0 bridgehead atoms. The van der Waals surface area contributed by atoms with Gasteiger partial charge in [-0.05, 0) is 17.7 Å². The van der Waals surface area contributed by atoms with Crippen molar-refractivity contribution in [3.05, 3.63) is 65.7 Å². The minimum Gasteiger partial charge on any atom is -0.482 e. The number of benzene rings is 2. The van der Waals surface area contributed by atoms with Crippen LogP contribution in [-0.2, 0) is 4.74 Å². The minimum atomic E-state index is -0.600. The summed E-state index contributed by atoms with van der Waals surface area (Å²) in [6.07, 6.45) is -0.995. The lowest BCUT2D eigenvalue weighted by Crippen LogP contribution is -2.37. The van der Waals surface area contributed by atoms with Crippen molar-refractivity contribution < 1.29 is 14.3 Å². The van der Waals surface area contributed by atoms with Crippen LogP contribution < -0.4 is 4.74 Å². The van der Waals surface area contributed by atoms with Crippen LogP contribution in [0.4, 0.5) is 0 Å². The summed E-state index contributed by atoms with van der Waals surface area (Å²) in [4.78, 5) is 12.4. The van der Waals surface area contributed by atoms with E-state index in [-0.39, 0.29) is 5.78 Å². The fourth-order valence-corrected chi connectivity index (χ4v) is 2.38. The lowest BCUT2D eigenvalue weighted by Gasteiger charge is -2.31. The normalized spacial score (nSPS) is 16.1. The third-order valence-corrected chi connectivity index (χ3v) is 3.32. The minimum absolute atomic E-state index is 0.0294. The Morgan fingerprint density at radius 1 is 0.741 bits per heavy atom. The van der Waals surface area contributed by atoms with E-state index in [9.17, 15) is 4.79 Å². The van der Waals surface area contributed by atoms with Gasteiger partial charge in [-0.1, -0.05) is 97.9 Å². The molecule has 3 nitrogen and oxygen atoms in total. The summed E-state index contributed by atoms with van der Waals surface area (Å²) in [6.45, 7) is 16.0. The Labute approximate surface area is 166 Å². The molecule has 0 saturated heterocycles. The number of fused-ring (bicyclic) bond motifs is 1. The standard InChI is InChI=1S/C16H14O3.4C2H6/c1-18-16-14(17)12-9-5-6-10-13(12)19-15(16)11-7-3-2-4-8-11;4*1-2/h2-10,15-16H,1H3;4*1-2H3. The molecule has 0 amide bonds. The fraction of sp³-hybridized carbons (Fsp3) is 0.458. The highest BCUT2D eigenvalue weighted by Gasteiger charge is 2.38. The van der Waals surface area contributed by atoms with Gasteiger partial charge in [0.25, 0.3) is 0 Å². The summed E-state index contributed by atoms with van der Waals surface area (Å²) < 4.78 is 11.3. The Morgan fingerprint density at radius 3 is 1.74 bits per heavy atom. The van der Waals surface area contributed by atoms with Crippen LogP contribution in [0.15, 0.2) is 54.6 Å². The molecule has 3 heteroatoms. The van der Waals surface area contributed by atoms with Crippen molar-refractivity contribution in [3.63, 3.8) is 0 Å². The van der Waals surface area contributed by atoms with Crippen LogP contribution >= 0.6 is 0 Å². The molecule has 1 aliphatic heterocycles. The van der Waals surface area contributed by atoms with E-state index in [1.54, 1.807) is 6.07 Å². The van der Waals surface area contributed by atoms with Crippen LogP contribution in [-0.4, -0.2) is 19.0 Å². The molecule has 2 aromatic carbocycles. The van der Waals surface area contributed by atoms with Crippen molar-refractivity contribution in [2.75, 3.05) is 7.11 Å². The Hall–Kier alpha value is -2.13. The molecular weight excluding hydrogens is 336 g/mol. The van der Waals surface area contributed by atoms with E-state index in [1.807, 2.05) is 104 Å². The first kappa shape index (κ1) is 27.1. The monoisotopic (exact) mass is 374 g/mol. The molecule has 3 rings (SSSR count). The van der Waals surface area contributed by atoms with Crippen LogP contribution in [0.25, 0.3) is 0 Å². The third-order valence-electron chi connectivity index (χ3n) is 3.32. The van der Waals surface area contributed by atoms with Gasteiger partial charge in [0.05, 0.1) is 5.56 Å². The van der Waals surface area contributed by atoms with E-state index in [1.165, 1.54) is 7.11 Å². The van der Waals surface area contributed by atoms with Crippen molar-refractivity contribution in [1.29, 1.82) is 0 Å². The van der Waals surface area contributed by atoms with E-state index in [2.05, 4.69) is 0 Å². The summed E-state index contributed by atoms with van der Waals surface area (Å²) in [7, 11) is 1.54. The predicted octanol–water partition coefficient (Wildman–Crippen LogP) is 7.12. The van der Waals surface area contributed by atoms with E-state index < -0.39 is 12.2 Å². The van der Waals surface area contributed by atoms with Gasteiger partial charge >= 0.3 is 0 Å². The van der Waals surface area contributed by atoms with Gasteiger partial charge in [0.1, 0.15) is 5.75 Å². The summed E-state index contributed by atoms with van der Waals surface area (Å²) in [6, 6.07) is 16.9. The number of para-hydroxylation sites is 1. The number of hydrogen-bond acceptors (Lipinski definition) is 3. The first-order valence-electron chi connectivity index (χ1n) is 10.2. The molecule has 1 heterocycles. The number of ether oxygens (including phenoxy) is 2. The quantitative estimate of drug-likeness (QED) is 0.561. The first-order valence-corrected chi connectivity index (χ1v) is 10.2. The molecule has 27 heavy (non-hydrogen) atoms. The summed E-state index contributed by atoms with van der Waals surface area (Å²) in [5.74, 6) is 0.591. The molecule has 0 spiro atoms. The smallest absolute Gasteiger partial charge is 0.199 e. The number of Topliss-reactive ketones (excluding diaryl/α,β-unsaturated/α-hetero) is 1. The molecule has 0 fully saturated rings. The average molecular weight is 375 g/mol. The third kappa shape index (κ3) is 7.56. The topological polar surface area (TPSA) is 35.5 Å². The van der Waals surface area contributed by atoms with Gasteiger partial charge in [-0.3, -0.25) is 4.79 Å². The Balaban J connectivity index is 0. The van der Waals surface area contributed by atoms with Crippen LogP contribution in [0.3, 0.4) is 0 Å². The molecule has 0 saturated carbocycles. The Morgan fingerprint density at radius 2 is 1.22 bits per heavy atom. The van der Waals surface area contributed by atoms with Gasteiger partial charge in [0.2, 0.25) is 0 Å². The molecule has 2 atom stereocenters. The molecular formula is C24H38O3. The summed E-state index contributed by atoms with van der Waals surface area (Å²) in [5, 5.41) is 0. The molecule has 2 unspecified atom stereocenters. The second kappa shape index (κ2) is 17.3. The van der Waals surface area contributed by atoms with E-state index in [0.29, 0.717) is 11.3 Å². The highest BCUT2D eigenvalue weighted by atomic mass is 16.5. The summed E-state index contributed by atoms with van der Waals surface area (Å²) >= 11 is 0. The maximum atomic E-state index is 12.4. The van der Waals surface area contributed by atoms with Gasteiger partial charge < -0.3 is 9.47 Å². The van der Waals surface area contributed by atoms with Crippen molar-refractivity contribution in [2.45, 2.75) is 67.6 Å². The maximum Gasteiger partial charge on any atom is 0.199 e. The van der Waals surface area contributed by atoms with Gasteiger partial charge in [-0.25, -0.2) is 0 Å². The van der Waals surface area contributed by atoms with Crippen LogP contribution in [0.2, 0.25) is 0 Å². The van der Waals surface area contributed by atoms with Crippen molar-refractivity contribution in [1.82, 2.24) is 0 Å². The molecule has 1 aliphatic rings. The Kier molecular flexibility index (Phi) is 17.4. The van der Waals surface area contributed by atoms with E-state index >= 15 is 0 Å². The SMILES string of the molecule is CC.CC.CC.CC.COC1C(=O)c2ccccc2OC1c1ccccc1. The average Bonchev–Trinajstić information content (AvgIpc) is 2.80. The fourth-order valence-electron chi connectivity index (χ4n) is 2.38. The number of methoxy groups -OCH3 is 1. The predicted molar refractivity (Wildman–Crippen MR) is 117 cm³/mol. The molecule has 152 valence electrons. The number of carbonyl (C=O) groups excluding carboxylic acids is 1. The maximum absolute atomic E-state index is 12.4. The van der Waals surface area contributed by atoms with Crippen molar-refractivity contribution in [2.24, 2.45) is 0 Å². The molecule has 2 aromatic rings. The zero-order chi connectivity index (χ0) is 21.2. The highest BCUT2D eigenvalue weighted by Crippen LogP contribution is 2.35. The van der Waals surface area contributed by atoms with Crippen molar-refractivity contribution in [3.8, 4) is 5.75 Å². The van der Waals surface area contributed by atoms with Crippen LogP contribution in [0.1, 0.15) is 77.4 Å². The second-order valence-corrected chi connectivity index (χ2v) is 4.47. The number of hydrogen-bond donors (Lipinski definition) is 0. The molecule has 0 radical (unpaired) electrons. The largest absolute Gasteiger partial charge is 0.482 e. The molecule has 0 aromatic heterocycles. The second-order valence-electron chi connectivity index (χ2n) is 4.47. The number of rotatable bonds is 2.